The summed E-state index contributed by atoms with van der Waals surface area (Å²) in [5, 5.41) is 0. The highest BCUT2D eigenvalue weighted by molar-refractivity contribution is 7.85. The minimum atomic E-state index is -5.48. The number of hydrogen-bond acceptors (Lipinski definition) is 2. The molecule has 2 aromatic carbocycles. The van der Waals surface area contributed by atoms with Crippen molar-refractivity contribution in [1.82, 2.24) is 0 Å². The van der Waals surface area contributed by atoms with Crippen LogP contribution in [0, 0.1) is 17.5 Å². The molecule has 0 radical (unpaired) electrons. The van der Waals surface area contributed by atoms with E-state index in [1.54, 1.807) is 6.07 Å². The third-order valence-corrected chi connectivity index (χ3v) is 3.99. The summed E-state index contributed by atoms with van der Waals surface area (Å²) >= 11 is 0. The first-order chi connectivity index (χ1) is 10.6. The van der Waals surface area contributed by atoms with Gasteiger partial charge in [0.25, 0.3) is 6.43 Å². The van der Waals surface area contributed by atoms with Gasteiger partial charge in [0.15, 0.2) is 22.3 Å². The largest absolute Gasteiger partial charge is 0.300 e. The molecule has 0 saturated heterocycles. The minimum absolute atomic E-state index is 0.264. The summed E-state index contributed by atoms with van der Waals surface area (Å²) in [6.45, 7) is 0. The molecule has 0 unspecified atom stereocenters. The maximum atomic E-state index is 14.2. The standard InChI is InChI=1S/C14H9F5O3S/c15-10-8(6-7-4-2-1-3-5-7)9(14(18)19)11(16)12(17)13(10)23(20,21)22/h1-5,14H,6H2,(H,20,21,22). The second-order valence-electron chi connectivity index (χ2n) is 4.60. The van der Waals surface area contributed by atoms with Gasteiger partial charge in [-0.15, -0.1) is 0 Å². The first-order valence-electron chi connectivity index (χ1n) is 6.13. The highest BCUT2D eigenvalue weighted by Crippen LogP contribution is 2.35. The summed E-state index contributed by atoms with van der Waals surface area (Å²) in [6.07, 6.45) is -4.18. The van der Waals surface area contributed by atoms with Crippen molar-refractivity contribution in [2.24, 2.45) is 0 Å². The number of rotatable bonds is 4. The molecule has 0 aliphatic heterocycles. The lowest BCUT2D eigenvalue weighted by Crippen LogP contribution is -2.14. The Morgan fingerprint density at radius 1 is 0.957 bits per heavy atom. The van der Waals surface area contributed by atoms with Gasteiger partial charge < -0.3 is 0 Å². The molecule has 0 fully saturated rings. The van der Waals surface area contributed by atoms with Gasteiger partial charge in [0.2, 0.25) is 0 Å². The van der Waals surface area contributed by atoms with Gasteiger partial charge in [-0.25, -0.2) is 22.0 Å². The predicted octanol–water partition coefficient (Wildman–Crippen LogP) is 3.88. The fourth-order valence-corrected chi connectivity index (χ4v) is 2.79. The van der Waals surface area contributed by atoms with Crippen molar-refractivity contribution in [3.8, 4) is 0 Å². The van der Waals surface area contributed by atoms with E-state index in [2.05, 4.69) is 0 Å². The second kappa shape index (κ2) is 6.25. The lowest BCUT2D eigenvalue weighted by Gasteiger charge is -2.15. The molecule has 0 aromatic heterocycles. The molecule has 0 heterocycles. The van der Waals surface area contributed by atoms with E-state index in [4.69, 9.17) is 4.55 Å². The van der Waals surface area contributed by atoms with Gasteiger partial charge in [0.05, 0.1) is 5.56 Å². The van der Waals surface area contributed by atoms with Crippen LogP contribution in [-0.2, 0) is 16.5 Å². The third-order valence-electron chi connectivity index (χ3n) is 3.12. The Labute approximate surface area is 128 Å². The number of halogens is 5. The molecule has 9 heteroatoms. The monoisotopic (exact) mass is 352 g/mol. The molecular formula is C14H9F5O3S. The topological polar surface area (TPSA) is 54.4 Å². The number of benzene rings is 2. The van der Waals surface area contributed by atoms with Crippen LogP contribution in [-0.4, -0.2) is 13.0 Å². The smallest absolute Gasteiger partial charge is 0.282 e. The van der Waals surface area contributed by atoms with Crippen molar-refractivity contribution in [3.63, 3.8) is 0 Å². The average Bonchev–Trinajstić information content (AvgIpc) is 2.44. The van der Waals surface area contributed by atoms with Crippen molar-refractivity contribution in [2.45, 2.75) is 17.7 Å². The summed E-state index contributed by atoms with van der Waals surface area (Å²) in [5.41, 5.74) is -2.34. The lowest BCUT2D eigenvalue weighted by atomic mass is 9.98. The van der Waals surface area contributed by atoms with Crippen LogP contribution in [0.15, 0.2) is 35.2 Å². The Balaban J connectivity index is 2.80. The maximum Gasteiger partial charge on any atom is 0.300 e. The van der Waals surface area contributed by atoms with Gasteiger partial charge in [0.1, 0.15) is 0 Å². The molecule has 0 bridgehead atoms. The highest BCUT2D eigenvalue weighted by Gasteiger charge is 2.34. The van der Waals surface area contributed by atoms with Crippen LogP contribution in [0.3, 0.4) is 0 Å². The van der Waals surface area contributed by atoms with E-state index in [9.17, 15) is 30.4 Å². The van der Waals surface area contributed by atoms with Gasteiger partial charge >= 0.3 is 10.1 Å². The Morgan fingerprint density at radius 2 is 1.52 bits per heavy atom. The van der Waals surface area contributed by atoms with E-state index in [1.807, 2.05) is 0 Å². The van der Waals surface area contributed by atoms with Crippen LogP contribution in [0.2, 0.25) is 0 Å². The van der Waals surface area contributed by atoms with E-state index < -0.39 is 56.4 Å². The molecule has 0 aliphatic rings. The Bertz CT molecular complexity index is 835. The van der Waals surface area contributed by atoms with Gasteiger partial charge in [-0.05, 0) is 5.56 Å². The maximum absolute atomic E-state index is 14.2. The number of hydrogen-bond donors (Lipinski definition) is 1. The van der Waals surface area contributed by atoms with Crippen LogP contribution in [0.25, 0.3) is 0 Å². The van der Waals surface area contributed by atoms with Crippen molar-refractivity contribution in [2.75, 3.05) is 0 Å². The van der Waals surface area contributed by atoms with E-state index in [1.165, 1.54) is 24.3 Å². The minimum Gasteiger partial charge on any atom is -0.282 e. The zero-order valence-electron chi connectivity index (χ0n) is 11.2. The first kappa shape index (κ1) is 17.4. The molecule has 2 aromatic rings. The Morgan fingerprint density at radius 3 is 2.00 bits per heavy atom. The van der Waals surface area contributed by atoms with Crippen molar-refractivity contribution >= 4 is 10.1 Å². The molecule has 23 heavy (non-hydrogen) atoms. The second-order valence-corrected chi connectivity index (χ2v) is 5.96. The Hall–Kier alpha value is -2.00. The quantitative estimate of drug-likeness (QED) is 0.516. The van der Waals surface area contributed by atoms with Gasteiger partial charge in [0, 0.05) is 12.0 Å². The van der Waals surface area contributed by atoms with Crippen molar-refractivity contribution < 1.29 is 34.9 Å². The van der Waals surface area contributed by atoms with E-state index in [0.717, 1.165) is 0 Å². The van der Waals surface area contributed by atoms with Crippen LogP contribution in [0.4, 0.5) is 22.0 Å². The van der Waals surface area contributed by atoms with Crippen LogP contribution in [0.5, 0.6) is 0 Å². The number of alkyl halides is 2. The summed E-state index contributed by atoms with van der Waals surface area (Å²) in [5.74, 6) is -6.53. The summed E-state index contributed by atoms with van der Waals surface area (Å²) in [7, 11) is -5.48. The molecule has 0 saturated carbocycles. The fraction of sp³-hybridized carbons (Fsp3) is 0.143. The SMILES string of the molecule is O=S(=O)(O)c1c(F)c(F)c(C(F)F)c(Cc2ccccc2)c1F. The molecule has 0 spiro atoms. The van der Waals surface area contributed by atoms with Crippen LogP contribution < -0.4 is 0 Å². The van der Waals surface area contributed by atoms with Crippen LogP contribution in [0.1, 0.15) is 23.1 Å². The molecular weight excluding hydrogens is 343 g/mol. The zero-order chi connectivity index (χ0) is 17.4. The first-order valence-corrected chi connectivity index (χ1v) is 7.57. The Kier molecular flexibility index (Phi) is 4.71. The summed E-state index contributed by atoms with van der Waals surface area (Å²) < 4.78 is 98.5. The molecule has 2 rings (SSSR count). The molecule has 0 atom stereocenters. The van der Waals surface area contributed by atoms with E-state index >= 15 is 0 Å². The molecule has 1 N–H and O–H groups in total. The van der Waals surface area contributed by atoms with Gasteiger partial charge in [-0.1, -0.05) is 30.3 Å². The lowest BCUT2D eigenvalue weighted by molar-refractivity contribution is 0.142. The van der Waals surface area contributed by atoms with E-state index in [0.29, 0.717) is 0 Å². The van der Waals surface area contributed by atoms with Gasteiger partial charge in [-0.2, -0.15) is 8.42 Å². The van der Waals surface area contributed by atoms with E-state index in [-0.39, 0.29) is 5.56 Å². The molecule has 124 valence electrons. The fourth-order valence-electron chi connectivity index (χ4n) is 2.13. The van der Waals surface area contributed by atoms with Gasteiger partial charge in [-0.3, -0.25) is 4.55 Å². The molecule has 3 nitrogen and oxygen atoms in total. The molecule has 0 amide bonds. The van der Waals surface area contributed by atoms with Crippen LogP contribution >= 0.6 is 0 Å². The summed E-state index contributed by atoms with van der Waals surface area (Å²) in [4.78, 5) is -1.98. The van der Waals surface area contributed by atoms with Crippen molar-refractivity contribution in [1.29, 1.82) is 0 Å². The highest BCUT2D eigenvalue weighted by atomic mass is 32.2. The van der Waals surface area contributed by atoms with Crippen molar-refractivity contribution in [3.05, 3.63) is 64.5 Å². The average molecular weight is 352 g/mol. The summed E-state index contributed by atoms with van der Waals surface area (Å²) in [6, 6.07) is 7.40. The zero-order valence-corrected chi connectivity index (χ0v) is 12.0. The predicted molar refractivity (Wildman–Crippen MR) is 70.3 cm³/mol. The molecule has 0 aliphatic carbocycles. The normalized spacial score (nSPS) is 12.0. The third kappa shape index (κ3) is 3.35.